The fourth-order valence-electron chi connectivity index (χ4n) is 2.51. The van der Waals surface area contributed by atoms with Gasteiger partial charge < -0.3 is 4.74 Å². The number of allylic oxidation sites excluding steroid dienone is 1. The Labute approximate surface area is 168 Å². The van der Waals surface area contributed by atoms with Crippen molar-refractivity contribution >= 4 is 15.5 Å². The summed E-state index contributed by atoms with van der Waals surface area (Å²) in [6, 6.07) is 13.7. The number of hydrogen-bond donors (Lipinski definition) is 0. The standard InChI is InChI=1S/C21H16FN3O3S/c1-29(27,25-13-15(11-23)21(26)14-5-6-14)17-9-7-16(8-10-17)28-20-4-2-3-19(22)18(20)12-24/h2-4,7-10,13-14H,5-6H2,1H3/b15-13+/t29-/m1/s1. The SMILES string of the molecule is C[S@](=O)(=N/C=C(\C#N)C(=O)C1CC1)c1ccc(Oc2cccc(F)c2C#N)cc1. The number of nitriles is 2. The fraction of sp³-hybridized carbons (Fsp3) is 0.190. The van der Waals surface area contributed by atoms with Crippen molar-refractivity contribution in [2.75, 3.05) is 6.26 Å². The lowest BCUT2D eigenvalue weighted by molar-refractivity contribution is -0.116. The lowest BCUT2D eigenvalue weighted by Crippen LogP contribution is -2.03. The minimum atomic E-state index is -2.89. The molecule has 8 heteroatoms. The van der Waals surface area contributed by atoms with Gasteiger partial charge in [0.1, 0.15) is 40.6 Å². The van der Waals surface area contributed by atoms with Crippen LogP contribution in [0, 0.1) is 34.4 Å². The smallest absolute Gasteiger partial charge is 0.178 e. The molecule has 146 valence electrons. The van der Waals surface area contributed by atoms with E-state index < -0.39 is 15.5 Å². The molecule has 0 amide bonds. The zero-order valence-corrected chi connectivity index (χ0v) is 16.3. The van der Waals surface area contributed by atoms with Gasteiger partial charge in [-0.15, -0.1) is 0 Å². The second kappa shape index (κ2) is 8.26. The summed E-state index contributed by atoms with van der Waals surface area (Å²) in [6.45, 7) is 0. The minimum Gasteiger partial charge on any atom is -0.456 e. The zero-order chi connectivity index (χ0) is 21.0. The number of Topliss-reactive ketones (excluding diaryl/α,β-unsaturated/α-hetero) is 1. The van der Waals surface area contributed by atoms with Gasteiger partial charge in [0.2, 0.25) is 0 Å². The summed E-state index contributed by atoms with van der Waals surface area (Å²) in [5.74, 6) is -0.677. The highest BCUT2D eigenvalue weighted by molar-refractivity contribution is 7.93. The maximum Gasteiger partial charge on any atom is 0.178 e. The van der Waals surface area contributed by atoms with E-state index in [0.717, 1.165) is 19.0 Å². The first kappa shape index (κ1) is 20.2. The van der Waals surface area contributed by atoms with Crippen molar-refractivity contribution in [3.05, 3.63) is 65.6 Å². The number of ether oxygens (including phenoxy) is 1. The van der Waals surface area contributed by atoms with Gasteiger partial charge in [-0.2, -0.15) is 10.5 Å². The van der Waals surface area contributed by atoms with E-state index in [4.69, 9.17) is 15.3 Å². The summed E-state index contributed by atoms with van der Waals surface area (Å²) in [5, 5.41) is 18.2. The van der Waals surface area contributed by atoms with Crippen LogP contribution in [-0.4, -0.2) is 16.2 Å². The molecule has 1 aliphatic rings. The molecule has 1 atom stereocenters. The van der Waals surface area contributed by atoms with Crippen LogP contribution in [0.4, 0.5) is 4.39 Å². The molecule has 0 saturated heterocycles. The highest BCUT2D eigenvalue weighted by atomic mass is 32.2. The van der Waals surface area contributed by atoms with E-state index in [1.807, 2.05) is 6.07 Å². The van der Waals surface area contributed by atoms with Crippen molar-refractivity contribution in [3.8, 4) is 23.6 Å². The number of hydrogen-bond acceptors (Lipinski definition) is 6. The average Bonchev–Trinajstić information content (AvgIpc) is 3.54. The molecule has 0 N–H and O–H groups in total. The maximum absolute atomic E-state index is 13.7. The van der Waals surface area contributed by atoms with Gasteiger partial charge in [0.25, 0.3) is 0 Å². The monoisotopic (exact) mass is 409 g/mol. The van der Waals surface area contributed by atoms with Crippen molar-refractivity contribution in [3.63, 3.8) is 0 Å². The third-order valence-electron chi connectivity index (χ3n) is 4.29. The van der Waals surface area contributed by atoms with Gasteiger partial charge in [0, 0.05) is 17.1 Å². The first-order valence-electron chi connectivity index (χ1n) is 8.68. The lowest BCUT2D eigenvalue weighted by Gasteiger charge is -2.09. The van der Waals surface area contributed by atoms with Crippen LogP contribution in [0.2, 0.25) is 0 Å². The Morgan fingerprint density at radius 1 is 1.24 bits per heavy atom. The third kappa shape index (κ3) is 4.68. The molecule has 6 nitrogen and oxygen atoms in total. The van der Waals surface area contributed by atoms with E-state index in [1.54, 1.807) is 6.07 Å². The molecule has 0 bridgehead atoms. The maximum atomic E-state index is 13.7. The molecule has 0 aliphatic heterocycles. The van der Waals surface area contributed by atoms with Crippen molar-refractivity contribution in [1.29, 1.82) is 10.5 Å². The summed E-state index contributed by atoms with van der Waals surface area (Å²) >= 11 is 0. The summed E-state index contributed by atoms with van der Waals surface area (Å²) < 4.78 is 36.0. The Hall–Kier alpha value is -3.49. The summed E-state index contributed by atoms with van der Waals surface area (Å²) in [5.41, 5.74) is -0.308. The minimum absolute atomic E-state index is 0.0716. The molecule has 0 unspecified atom stereocenters. The van der Waals surface area contributed by atoms with E-state index in [-0.39, 0.29) is 28.6 Å². The van der Waals surface area contributed by atoms with Gasteiger partial charge in [-0.05, 0) is 49.2 Å². The number of halogens is 1. The van der Waals surface area contributed by atoms with Crippen LogP contribution >= 0.6 is 0 Å². The molecule has 1 saturated carbocycles. The normalized spacial score (nSPS) is 15.5. The van der Waals surface area contributed by atoms with Crippen molar-refractivity contribution in [1.82, 2.24) is 0 Å². The molecule has 3 rings (SSSR count). The molecule has 0 aromatic heterocycles. The van der Waals surface area contributed by atoms with Crippen molar-refractivity contribution < 1.29 is 18.1 Å². The van der Waals surface area contributed by atoms with Gasteiger partial charge in [0.05, 0.1) is 15.9 Å². The van der Waals surface area contributed by atoms with E-state index >= 15 is 0 Å². The Bertz CT molecular complexity index is 1190. The molecule has 0 radical (unpaired) electrons. The van der Waals surface area contributed by atoms with Crippen molar-refractivity contribution in [2.24, 2.45) is 10.3 Å². The topological polar surface area (TPSA) is 103 Å². The number of carbonyl (C=O) groups is 1. The molecule has 1 fully saturated rings. The Balaban J connectivity index is 1.83. The van der Waals surface area contributed by atoms with Gasteiger partial charge in [0.15, 0.2) is 5.78 Å². The number of carbonyl (C=O) groups excluding carboxylic acids is 1. The largest absolute Gasteiger partial charge is 0.456 e. The van der Waals surface area contributed by atoms with Gasteiger partial charge in [-0.1, -0.05) is 6.07 Å². The van der Waals surface area contributed by atoms with Crippen molar-refractivity contribution in [2.45, 2.75) is 17.7 Å². The van der Waals surface area contributed by atoms with E-state index in [9.17, 15) is 13.4 Å². The molecule has 29 heavy (non-hydrogen) atoms. The Kier molecular flexibility index (Phi) is 5.76. The van der Waals surface area contributed by atoms with Crippen LogP contribution in [0.5, 0.6) is 11.5 Å². The van der Waals surface area contributed by atoms with Crippen LogP contribution in [0.25, 0.3) is 0 Å². The van der Waals surface area contributed by atoms with Crippen LogP contribution in [0.3, 0.4) is 0 Å². The summed E-state index contributed by atoms with van der Waals surface area (Å²) in [7, 11) is -2.89. The Morgan fingerprint density at radius 3 is 2.52 bits per heavy atom. The fourth-order valence-corrected chi connectivity index (χ4v) is 3.58. The number of ketones is 1. The molecule has 2 aromatic carbocycles. The molecule has 2 aromatic rings. The van der Waals surface area contributed by atoms with Gasteiger partial charge >= 0.3 is 0 Å². The molecule has 0 spiro atoms. The molecular formula is C21H16FN3O3S. The molecular weight excluding hydrogens is 393 g/mol. The lowest BCUT2D eigenvalue weighted by atomic mass is 10.1. The molecule has 1 aliphatic carbocycles. The van der Waals surface area contributed by atoms with Crippen LogP contribution < -0.4 is 4.74 Å². The first-order valence-corrected chi connectivity index (χ1v) is 10.6. The molecule has 0 heterocycles. The summed E-state index contributed by atoms with van der Waals surface area (Å²) in [6.07, 6.45) is 4.01. The Morgan fingerprint density at radius 2 is 1.93 bits per heavy atom. The highest BCUT2D eigenvalue weighted by Crippen LogP contribution is 2.32. The zero-order valence-electron chi connectivity index (χ0n) is 15.5. The highest BCUT2D eigenvalue weighted by Gasteiger charge is 2.31. The number of benzene rings is 2. The number of rotatable bonds is 6. The van der Waals surface area contributed by atoms with Crippen LogP contribution in [-0.2, 0) is 14.5 Å². The second-order valence-corrected chi connectivity index (χ2v) is 8.79. The van der Waals surface area contributed by atoms with E-state index in [0.29, 0.717) is 10.6 Å². The first-order chi connectivity index (χ1) is 13.9. The van der Waals surface area contributed by atoms with Gasteiger partial charge in [-0.3, -0.25) is 4.79 Å². The van der Waals surface area contributed by atoms with Gasteiger partial charge in [-0.25, -0.2) is 13.0 Å². The average molecular weight is 409 g/mol. The quantitative estimate of drug-likeness (QED) is 0.522. The van der Waals surface area contributed by atoms with E-state index in [2.05, 4.69) is 4.36 Å². The predicted octanol–water partition coefficient (Wildman–Crippen LogP) is 4.33. The van der Waals surface area contributed by atoms with Crippen LogP contribution in [0.1, 0.15) is 18.4 Å². The summed E-state index contributed by atoms with van der Waals surface area (Å²) in [4.78, 5) is 12.3. The second-order valence-electron chi connectivity index (χ2n) is 6.50. The third-order valence-corrected chi connectivity index (χ3v) is 5.95. The predicted molar refractivity (Wildman–Crippen MR) is 104 cm³/mol. The van der Waals surface area contributed by atoms with E-state index in [1.165, 1.54) is 48.7 Å². The van der Waals surface area contributed by atoms with Crippen LogP contribution in [0.15, 0.2) is 63.5 Å². The number of nitrogens with zero attached hydrogens (tertiary/aromatic N) is 3.